The van der Waals surface area contributed by atoms with Crippen LogP contribution in [0.15, 0.2) is 89.7 Å². The van der Waals surface area contributed by atoms with Crippen molar-refractivity contribution >= 4 is 16.7 Å². The number of benzene rings is 3. The Labute approximate surface area is 155 Å². The van der Waals surface area contributed by atoms with Crippen molar-refractivity contribution in [1.82, 2.24) is 15.1 Å². The maximum absolute atomic E-state index is 12.9. The van der Waals surface area contributed by atoms with Crippen LogP contribution in [0.5, 0.6) is 0 Å². The Balaban J connectivity index is 1.78. The van der Waals surface area contributed by atoms with E-state index in [9.17, 15) is 9.59 Å². The Morgan fingerprint density at radius 1 is 0.815 bits per heavy atom. The van der Waals surface area contributed by atoms with Crippen molar-refractivity contribution in [1.29, 1.82) is 0 Å². The number of amides is 1. The van der Waals surface area contributed by atoms with Crippen LogP contribution < -0.4 is 10.9 Å². The van der Waals surface area contributed by atoms with Crippen molar-refractivity contribution in [2.75, 3.05) is 0 Å². The normalized spacial score (nSPS) is 10.7. The van der Waals surface area contributed by atoms with Gasteiger partial charge in [-0.2, -0.15) is 9.78 Å². The highest BCUT2D eigenvalue weighted by Crippen LogP contribution is 2.15. The Kier molecular flexibility index (Phi) is 4.49. The quantitative estimate of drug-likeness (QED) is 0.611. The lowest BCUT2D eigenvalue weighted by molar-refractivity contribution is 0.0946. The van der Waals surface area contributed by atoms with Crippen LogP contribution in [0.1, 0.15) is 16.1 Å². The number of nitrogens with one attached hydrogen (secondary N) is 1. The van der Waals surface area contributed by atoms with E-state index in [-0.39, 0.29) is 17.2 Å². The zero-order chi connectivity index (χ0) is 18.6. The molecule has 1 N–H and O–H groups in total. The summed E-state index contributed by atoms with van der Waals surface area (Å²) in [7, 11) is 0. The molecule has 3 aromatic carbocycles. The van der Waals surface area contributed by atoms with Gasteiger partial charge in [0.2, 0.25) is 0 Å². The van der Waals surface area contributed by atoms with Gasteiger partial charge in [-0.05, 0) is 23.8 Å². The molecule has 4 aromatic rings. The van der Waals surface area contributed by atoms with E-state index in [1.807, 2.05) is 48.5 Å². The van der Waals surface area contributed by atoms with Crippen LogP contribution >= 0.6 is 0 Å². The molecule has 0 fully saturated rings. The SMILES string of the molecule is O=C(NCc1ccccc1)c1nn(-c2ccccc2)c(=O)c2ccccc12. The number of carbonyl (C=O) groups excluding carboxylic acids is 1. The largest absolute Gasteiger partial charge is 0.347 e. The number of carbonyl (C=O) groups is 1. The molecule has 27 heavy (non-hydrogen) atoms. The molecule has 5 heteroatoms. The molecular formula is C22H17N3O2. The lowest BCUT2D eigenvalue weighted by Crippen LogP contribution is -2.29. The van der Waals surface area contributed by atoms with Gasteiger partial charge in [-0.25, -0.2) is 0 Å². The number of rotatable bonds is 4. The number of nitrogens with zero attached hydrogens (tertiary/aromatic N) is 2. The molecular weight excluding hydrogens is 338 g/mol. The smallest absolute Gasteiger partial charge is 0.279 e. The van der Waals surface area contributed by atoms with Gasteiger partial charge in [0.25, 0.3) is 11.5 Å². The van der Waals surface area contributed by atoms with Crippen molar-refractivity contribution in [3.8, 4) is 5.69 Å². The molecule has 1 aromatic heterocycles. The van der Waals surface area contributed by atoms with Crippen molar-refractivity contribution in [2.24, 2.45) is 0 Å². The fraction of sp³-hybridized carbons (Fsp3) is 0.0455. The molecule has 0 saturated heterocycles. The van der Waals surface area contributed by atoms with Crippen LogP contribution in [-0.4, -0.2) is 15.7 Å². The minimum Gasteiger partial charge on any atom is -0.347 e. The summed E-state index contributed by atoms with van der Waals surface area (Å²) in [5, 5.41) is 8.27. The van der Waals surface area contributed by atoms with E-state index in [1.165, 1.54) is 4.68 Å². The zero-order valence-corrected chi connectivity index (χ0v) is 14.5. The summed E-state index contributed by atoms with van der Waals surface area (Å²) in [6.07, 6.45) is 0. The summed E-state index contributed by atoms with van der Waals surface area (Å²) in [4.78, 5) is 25.7. The predicted molar refractivity (Wildman–Crippen MR) is 105 cm³/mol. The fourth-order valence-corrected chi connectivity index (χ4v) is 2.96. The molecule has 4 rings (SSSR count). The highest BCUT2D eigenvalue weighted by atomic mass is 16.2. The van der Waals surface area contributed by atoms with Gasteiger partial charge in [0.05, 0.1) is 11.1 Å². The standard InChI is InChI=1S/C22H17N3O2/c26-21(23-15-16-9-3-1-4-10-16)20-18-13-7-8-14-19(18)22(27)25(24-20)17-11-5-2-6-12-17/h1-14H,15H2,(H,23,26). The maximum atomic E-state index is 12.9. The molecule has 0 radical (unpaired) electrons. The maximum Gasteiger partial charge on any atom is 0.279 e. The Hall–Kier alpha value is -3.73. The van der Waals surface area contributed by atoms with E-state index in [0.29, 0.717) is 23.0 Å². The van der Waals surface area contributed by atoms with Crippen LogP contribution in [-0.2, 0) is 6.54 Å². The first-order valence-corrected chi connectivity index (χ1v) is 8.63. The first-order valence-electron chi connectivity index (χ1n) is 8.63. The van der Waals surface area contributed by atoms with E-state index in [1.54, 1.807) is 36.4 Å². The van der Waals surface area contributed by atoms with Crippen molar-refractivity contribution in [2.45, 2.75) is 6.54 Å². The van der Waals surface area contributed by atoms with Crippen LogP contribution in [0.25, 0.3) is 16.5 Å². The topological polar surface area (TPSA) is 64.0 Å². The van der Waals surface area contributed by atoms with Gasteiger partial charge < -0.3 is 5.32 Å². The molecule has 0 aliphatic heterocycles. The summed E-state index contributed by atoms with van der Waals surface area (Å²) >= 11 is 0. The molecule has 0 saturated carbocycles. The van der Waals surface area contributed by atoms with E-state index in [2.05, 4.69) is 10.4 Å². The molecule has 1 amide bonds. The second kappa shape index (κ2) is 7.25. The summed E-state index contributed by atoms with van der Waals surface area (Å²) in [5.41, 5.74) is 1.58. The van der Waals surface area contributed by atoms with Gasteiger partial charge in [-0.3, -0.25) is 9.59 Å². The highest BCUT2D eigenvalue weighted by molar-refractivity contribution is 6.04. The third-order valence-corrected chi connectivity index (χ3v) is 4.32. The lowest BCUT2D eigenvalue weighted by Gasteiger charge is -2.11. The zero-order valence-electron chi connectivity index (χ0n) is 14.5. The van der Waals surface area contributed by atoms with Crippen molar-refractivity contribution in [3.05, 3.63) is 107 Å². The van der Waals surface area contributed by atoms with Gasteiger partial charge in [0.1, 0.15) is 0 Å². The first-order chi connectivity index (χ1) is 13.2. The lowest BCUT2D eigenvalue weighted by atomic mass is 10.1. The molecule has 132 valence electrons. The van der Waals surface area contributed by atoms with Crippen molar-refractivity contribution < 1.29 is 4.79 Å². The molecule has 0 aliphatic carbocycles. The van der Waals surface area contributed by atoms with Gasteiger partial charge in [0.15, 0.2) is 5.69 Å². The van der Waals surface area contributed by atoms with Crippen molar-refractivity contribution in [3.63, 3.8) is 0 Å². The van der Waals surface area contributed by atoms with E-state index in [0.717, 1.165) is 5.56 Å². The Morgan fingerprint density at radius 3 is 2.11 bits per heavy atom. The number of aromatic nitrogens is 2. The molecule has 0 spiro atoms. The third kappa shape index (κ3) is 3.35. The summed E-state index contributed by atoms with van der Waals surface area (Å²) in [6, 6.07) is 25.8. The average molecular weight is 355 g/mol. The summed E-state index contributed by atoms with van der Waals surface area (Å²) < 4.78 is 1.28. The summed E-state index contributed by atoms with van der Waals surface area (Å²) in [6.45, 7) is 0.389. The summed E-state index contributed by atoms with van der Waals surface area (Å²) in [5.74, 6) is -0.320. The molecule has 0 atom stereocenters. The second-order valence-corrected chi connectivity index (χ2v) is 6.11. The minimum absolute atomic E-state index is 0.227. The molecule has 0 bridgehead atoms. The van der Waals surface area contributed by atoms with Gasteiger partial charge in [-0.15, -0.1) is 0 Å². The monoisotopic (exact) mass is 355 g/mol. The third-order valence-electron chi connectivity index (χ3n) is 4.32. The van der Waals surface area contributed by atoms with E-state index in [4.69, 9.17) is 0 Å². The predicted octanol–water partition coefficient (Wildman–Crippen LogP) is 3.32. The second-order valence-electron chi connectivity index (χ2n) is 6.11. The molecule has 0 aliphatic rings. The Bertz CT molecular complexity index is 1150. The Morgan fingerprint density at radius 2 is 1.41 bits per heavy atom. The molecule has 0 unspecified atom stereocenters. The van der Waals surface area contributed by atoms with Crippen LogP contribution in [0.2, 0.25) is 0 Å². The van der Waals surface area contributed by atoms with Gasteiger partial charge >= 0.3 is 0 Å². The highest BCUT2D eigenvalue weighted by Gasteiger charge is 2.17. The van der Waals surface area contributed by atoms with Gasteiger partial charge in [-0.1, -0.05) is 66.7 Å². The van der Waals surface area contributed by atoms with Gasteiger partial charge in [0, 0.05) is 11.9 Å². The molecule has 1 heterocycles. The number of para-hydroxylation sites is 1. The molecule has 5 nitrogen and oxygen atoms in total. The minimum atomic E-state index is -0.320. The van der Waals surface area contributed by atoms with Crippen LogP contribution in [0.4, 0.5) is 0 Å². The fourth-order valence-electron chi connectivity index (χ4n) is 2.96. The average Bonchev–Trinajstić information content (AvgIpc) is 2.74. The van der Waals surface area contributed by atoms with Crippen LogP contribution in [0, 0.1) is 0 Å². The van der Waals surface area contributed by atoms with E-state index >= 15 is 0 Å². The van der Waals surface area contributed by atoms with E-state index < -0.39 is 0 Å². The number of hydrogen-bond donors (Lipinski definition) is 1. The van der Waals surface area contributed by atoms with Crippen LogP contribution in [0.3, 0.4) is 0 Å². The number of hydrogen-bond acceptors (Lipinski definition) is 3. The number of fused-ring (bicyclic) bond motifs is 1. The first kappa shape index (κ1) is 16.7.